The second kappa shape index (κ2) is 5.60. The molecule has 0 aromatic heterocycles. The van der Waals surface area contributed by atoms with Crippen molar-refractivity contribution in [3.8, 4) is 5.75 Å². The Labute approximate surface area is 123 Å². The average Bonchev–Trinajstić information content (AvgIpc) is 2.52. The monoisotopic (exact) mass is 290 g/mol. The summed E-state index contributed by atoms with van der Waals surface area (Å²) in [5.74, 6) is -1.32. The number of fused-ring (bicyclic) bond motifs is 1. The summed E-state index contributed by atoms with van der Waals surface area (Å²) in [5.41, 5.74) is 0.306. The third kappa shape index (κ3) is 2.39. The van der Waals surface area contributed by atoms with Crippen LogP contribution in [0.1, 0.15) is 23.5 Å². The van der Waals surface area contributed by atoms with Gasteiger partial charge in [-0.15, -0.1) is 6.58 Å². The molecule has 1 aromatic carbocycles. The van der Waals surface area contributed by atoms with Crippen LogP contribution in [-0.4, -0.2) is 31.3 Å². The maximum absolute atomic E-state index is 12.2. The Morgan fingerprint density at radius 2 is 1.95 bits per heavy atom. The van der Waals surface area contributed by atoms with Gasteiger partial charge >= 0.3 is 11.9 Å². The molecule has 0 saturated carbocycles. The van der Waals surface area contributed by atoms with Crippen molar-refractivity contribution >= 4 is 11.9 Å². The quantitative estimate of drug-likeness (QED) is 0.523. The van der Waals surface area contributed by atoms with E-state index in [0.717, 1.165) is 11.1 Å². The standard InChI is InChI=1S/C16H18O5/c1-4-10-8-16(14(18)20-2,15(19)21-3)9-11-5-6-12(17)7-13(10)11/h4-7,10,17H,1,8-9H2,2-3H3. The molecule has 1 aliphatic carbocycles. The first-order chi connectivity index (χ1) is 9.98. The molecule has 5 nitrogen and oxygen atoms in total. The molecule has 0 aliphatic heterocycles. The highest BCUT2D eigenvalue weighted by Gasteiger charge is 2.52. The fourth-order valence-electron chi connectivity index (χ4n) is 2.97. The van der Waals surface area contributed by atoms with Gasteiger partial charge in [-0.25, -0.2) is 0 Å². The van der Waals surface area contributed by atoms with Crippen molar-refractivity contribution in [1.29, 1.82) is 0 Å². The van der Waals surface area contributed by atoms with E-state index < -0.39 is 17.4 Å². The van der Waals surface area contributed by atoms with Crippen LogP contribution < -0.4 is 0 Å². The Bertz CT molecular complexity index is 574. The number of hydrogen-bond donors (Lipinski definition) is 1. The second-order valence-electron chi connectivity index (χ2n) is 5.17. The van der Waals surface area contributed by atoms with Crippen LogP contribution in [0, 0.1) is 5.41 Å². The van der Waals surface area contributed by atoms with Crippen LogP contribution in [0.2, 0.25) is 0 Å². The van der Waals surface area contributed by atoms with Crippen LogP contribution in [0.25, 0.3) is 0 Å². The van der Waals surface area contributed by atoms with Gasteiger partial charge in [0, 0.05) is 5.92 Å². The van der Waals surface area contributed by atoms with Gasteiger partial charge in [0.15, 0.2) is 5.41 Å². The van der Waals surface area contributed by atoms with E-state index in [1.807, 2.05) is 0 Å². The molecule has 1 aromatic rings. The lowest BCUT2D eigenvalue weighted by molar-refractivity contribution is -0.170. The molecule has 1 atom stereocenters. The van der Waals surface area contributed by atoms with Crippen molar-refractivity contribution in [3.05, 3.63) is 42.0 Å². The minimum atomic E-state index is -1.37. The van der Waals surface area contributed by atoms with Crippen molar-refractivity contribution in [3.63, 3.8) is 0 Å². The first-order valence-corrected chi connectivity index (χ1v) is 6.59. The Morgan fingerprint density at radius 3 is 2.48 bits per heavy atom. The minimum absolute atomic E-state index is 0.143. The van der Waals surface area contributed by atoms with Gasteiger partial charge in [0.1, 0.15) is 5.75 Å². The molecule has 1 unspecified atom stereocenters. The molecule has 21 heavy (non-hydrogen) atoms. The maximum atomic E-state index is 12.2. The second-order valence-corrected chi connectivity index (χ2v) is 5.17. The molecule has 0 spiro atoms. The summed E-state index contributed by atoms with van der Waals surface area (Å²) < 4.78 is 9.65. The van der Waals surface area contributed by atoms with Crippen molar-refractivity contribution in [2.24, 2.45) is 5.41 Å². The van der Waals surface area contributed by atoms with E-state index in [2.05, 4.69) is 6.58 Å². The number of rotatable bonds is 3. The van der Waals surface area contributed by atoms with Gasteiger partial charge in [0.05, 0.1) is 14.2 Å². The number of hydrogen-bond acceptors (Lipinski definition) is 5. The number of methoxy groups -OCH3 is 2. The lowest BCUT2D eigenvalue weighted by Gasteiger charge is -2.36. The van der Waals surface area contributed by atoms with Crippen LogP contribution in [0.3, 0.4) is 0 Å². The molecule has 1 aliphatic rings. The summed E-state index contributed by atoms with van der Waals surface area (Å²) in [6.07, 6.45) is 2.07. The predicted octanol–water partition coefficient (Wildman–Crippen LogP) is 1.94. The Balaban J connectivity index is 2.57. The summed E-state index contributed by atoms with van der Waals surface area (Å²) in [6.45, 7) is 3.76. The first kappa shape index (κ1) is 15.1. The summed E-state index contributed by atoms with van der Waals surface area (Å²) in [6, 6.07) is 4.88. The summed E-state index contributed by atoms with van der Waals surface area (Å²) in [4.78, 5) is 24.4. The number of esters is 2. The largest absolute Gasteiger partial charge is 0.508 e. The number of carbonyl (C=O) groups is 2. The molecule has 0 heterocycles. The zero-order valence-electron chi connectivity index (χ0n) is 12.1. The van der Waals surface area contributed by atoms with Crippen LogP contribution >= 0.6 is 0 Å². The lowest BCUT2D eigenvalue weighted by atomic mass is 9.67. The molecule has 0 radical (unpaired) electrons. The molecule has 0 saturated heterocycles. The highest BCUT2D eigenvalue weighted by atomic mass is 16.5. The Hall–Kier alpha value is -2.30. The van der Waals surface area contributed by atoms with Gasteiger partial charge in [0.2, 0.25) is 0 Å². The van der Waals surface area contributed by atoms with E-state index >= 15 is 0 Å². The average molecular weight is 290 g/mol. The number of allylic oxidation sites excluding steroid dienone is 1. The van der Waals surface area contributed by atoms with E-state index in [4.69, 9.17) is 9.47 Å². The predicted molar refractivity (Wildman–Crippen MR) is 75.8 cm³/mol. The molecular formula is C16H18O5. The van der Waals surface area contributed by atoms with E-state index in [0.29, 0.717) is 0 Å². The van der Waals surface area contributed by atoms with Crippen molar-refractivity contribution in [2.45, 2.75) is 18.8 Å². The van der Waals surface area contributed by atoms with Crippen LogP contribution in [0.5, 0.6) is 5.75 Å². The van der Waals surface area contributed by atoms with E-state index in [1.165, 1.54) is 20.3 Å². The molecule has 0 fully saturated rings. The van der Waals surface area contributed by atoms with E-state index in [1.54, 1.807) is 18.2 Å². The maximum Gasteiger partial charge on any atom is 0.323 e. The SMILES string of the molecule is C=CC1CC(C(=O)OC)(C(=O)OC)Cc2ccc(O)cc21. The number of phenolic OH excluding ortho intramolecular Hbond substituents is 1. The van der Waals surface area contributed by atoms with E-state index in [9.17, 15) is 14.7 Å². The van der Waals surface area contributed by atoms with Crippen molar-refractivity contribution in [2.75, 3.05) is 14.2 Å². The van der Waals surface area contributed by atoms with Gasteiger partial charge in [-0.1, -0.05) is 12.1 Å². The molecule has 2 rings (SSSR count). The smallest absolute Gasteiger partial charge is 0.323 e. The van der Waals surface area contributed by atoms with E-state index in [-0.39, 0.29) is 24.5 Å². The number of carbonyl (C=O) groups excluding carboxylic acids is 2. The zero-order chi connectivity index (χ0) is 15.6. The van der Waals surface area contributed by atoms with Gasteiger partial charge in [-0.3, -0.25) is 9.59 Å². The summed E-state index contributed by atoms with van der Waals surface area (Å²) >= 11 is 0. The highest BCUT2D eigenvalue weighted by molar-refractivity contribution is 6.00. The first-order valence-electron chi connectivity index (χ1n) is 6.59. The molecule has 0 amide bonds. The molecule has 0 bridgehead atoms. The lowest BCUT2D eigenvalue weighted by Crippen LogP contribution is -2.46. The molecule has 5 heteroatoms. The van der Waals surface area contributed by atoms with Crippen molar-refractivity contribution < 1.29 is 24.2 Å². The molecular weight excluding hydrogens is 272 g/mol. The minimum Gasteiger partial charge on any atom is -0.508 e. The van der Waals surface area contributed by atoms with Gasteiger partial charge < -0.3 is 14.6 Å². The summed E-state index contributed by atoms with van der Waals surface area (Å²) in [7, 11) is 2.50. The normalized spacial score (nSPS) is 19.2. The number of benzene rings is 1. The number of aromatic hydroxyl groups is 1. The fraction of sp³-hybridized carbons (Fsp3) is 0.375. The van der Waals surface area contributed by atoms with Crippen LogP contribution in [0.15, 0.2) is 30.9 Å². The van der Waals surface area contributed by atoms with Crippen LogP contribution in [0.4, 0.5) is 0 Å². The van der Waals surface area contributed by atoms with Crippen molar-refractivity contribution in [1.82, 2.24) is 0 Å². The third-order valence-electron chi connectivity index (χ3n) is 4.03. The number of phenols is 1. The highest BCUT2D eigenvalue weighted by Crippen LogP contribution is 2.45. The Kier molecular flexibility index (Phi) is 4.02. The number of ether oxygens (including phenoxy) is 2. The van der Waals surface area contributed by atoms with Gasteiger partial charge in [-0.05, 0) is 36.1 Å². The van der Waals surface area contributed by atoms with Gasteiger partial charge in [0.25, 0.3) is 0 Å². The zero-order valence-corrected chi connectivity index (χ0v) is 12.1. The fourth-order valence-corrected chi connectivity index (χ4v) is 2.97. The summed E-state index contributed by atoms with van der Waals surface area (Å²) in [5, 5.41) is 9.62. The third-order valence-corrected chi connectivity index (χ3v) is 4.03. The molecule has 112 valence electrons. The topological polar surface area (TPSA) is 72.8 Å². The van der Waals surface area contributed by atoms with Crippen LogP contribution in [-0.2, 0) is 25.5 Å². The van der Waals surface area contributed by atoms with Gasteiger partial charge in [-0.2, -0.15) is 0 Å². The molecule has 1 N–H and O–H groups in total. The Morgan fingerprint density at radius 1 is 1.33 bits per heavy atom.